The highest BCUT2D eigenvalue weighted by molar-refractivity contribution is 5.95. The quantitative estimate of drug-likeness (QED) is 0.136. The van der Waals surface area contributed by atoms with Crippen molar-refractivity contribution >= 4 is 47.4 Å². The number of rotatable bonds is 12. The molecule has 0 radical (unpaired) electrons. The number of carbonyl (C=O) groups is 7. The van der Waals surface area contributed by atoms with E-state index >= 15 is 0 Å². The molecule has 0 aromatic heterocycles. The maximum absolute atomic E-state index is 14.7. The number of amidine groups is 1. The molecule has 4 N–H and O–H groups in total. The van der Waals surface area contributed by atoms with Crippen LogP contribution in [0.3, 0.4) is 0 Å². The number of hydrogen-bond acceptors (Lipinski definition) is 14. The fourth-order valence-corrected chi connectivity index (χ4v) is 8.16. The maximum Gasteiger partial charge on any atom is 0.329 e. The van der Waals surface area contributed by atoms with E-state index in [4.69, 9.17) is 24.2 Å². The molecule has 390 valence electrons. The van der Waals surface area contributed by atoms with Crippen molar-refractivity contribution in [3.8, 4) is 0 Å². The van der Waals surface area contributed by atoms with E-state index in [0.29, 0.717) is 11.1 Å². The van der Waals surface area contributed by atoms with E-state index in [1.807, 2.05) is 61.5 Å². The van der Waals surface area contributed by atoms with Crippen LogP contribution >= 0.6 is 0 Å². The highest BCUT2D eigenvalue weighted by Crippen LogP contribution is 2.24. The van der Waals surface area contributed by atoms with Gasteiger partial charge in [-0.25, -0.2) is 25.1 Å². The predicted molar refractivity (Wildman–Crippen MR) is 264 cm³/mol. The normalized spacial score (nSPS) is 24.6. The number of carbonyl (C=O) groups excluding carboxylic acids is 7. The third-order valence-corrected chi connectivity index (χ3v) is 12.1. The Morgan fingerprint density at radius 3 is 1.04 bits per heavy atom. The van der Waals surface area contributed by atoms with Gasteiger partial charge in [0.15, 0.2) is 24.4 Å². The predicted octanol–water partition coefficient (Wildman–Crippen LogP) is 5.45. The molecule has 3 rings (SSSR count). The third kappa shape index (κ3) is 17.8. The zero-order chi connectivity index (χ0) is 53.2. The molecule has 18 heteroatoms. The minimum Gasteiger partial charge on any atom is -0.453 e. The van der Waals surface area contributed by atoms with E-state index in [0.717, 1.165) is 4.90 Å². The number of nitrogens with two attached hydrogens (primary N) is 1. The van der Waals surface area contributed by atoms with Crippen molar-refractivity contribution in [1.29, 1.82) is 5.41 Å². The first-order valence-corrected chi connectivity index (χ1v) is 24.1. The molecule has 1 aliphatic rings. The zero-order valence-corrected chi connectivity index (χ0v) is 43.7. The van der Waals surface area contributed by atoms with E-state index in [2.05, 4.69) is 5.90 Å². The van der Waals surface area contributed by atoms with Crippen molar-refractivity contribution in [3.05, 3.63) is 71.8 Å². The van der Waals surface area contributed by atoms with Gasteiger partial charge < -0.3 is 43.8 Å². The molecule has 0 spiro atoms. The number of amides is 3. The Hall–Kier alpha value is -5.88. The van der Waals surface area contributed by atoms with Gasteiger partial charge in [-0.15, -0.1) is 0 Å². The minimum absolute atomic E-state index is 0.0501. The third-order valence-electron chi connectivity index (χ3n) is 12.1. The number of esters is 4. The van der Waals surface area contributed by atoms with Crippen LogP contribution in [0.1, 0.15) is 106 Å². The van der Waals surface area contributed by atoms with Crippen molar-refractivity contribution in [3.63, 3.8) is 0 Å². The first-order valence-electron chi connectivity index (χ1n) is 24.1. The number of nitrogens with zero attached hydrogens (tertiary/aromatic N) is 4. The van der Waals surface area contributed by atoms with Crippen LogP contribution in [0.25, 0.3) is 0 Å². The fraction of sp³-hybridized carbons (Fsp3) is 0.615. The number of nitrogens with one attached hydrogen (secondary N) is 1. The molecular formula is C52H80N6O12. The van der Waals surface area contributed by atoms with Gasteiger partial charge in [0, 0.05) is 41.0 Å². The molecule has 70 heavy (non-hydrogen) atoms. The minimum atomic E-state index is -1.45. The molecule has 2 aromatic rings. The summed E-state index contributed by atoms with van der Waals surface area (Å²) < 4.78 is 24.0. The van der Waals surface area contributed by atoms with Gasteiger partial charge in [0.25, 0.3) is 17.7 Å². The van der Waals surface area contributed by atoms with Crippen LogP contribution in [0, 0.1) is 29.1 Å². The Bertz CT molecular complexity index is 1870. The first-order chi connectivity index (χ1) is 32.8. The lowest BCUT2D eigenvalue weighted by Crippen LogP contribution is -2.54. The van der Waals surface area contributed by atoms with Gasteiger partial charge in [0.05, 0.1) is 0 Å². The maximum atomic E-state index is 14.7. The molecule has 0 saturated carbocycles. The van der Waals surface area contributed by atoms with Crippen LogP contribution in [0.2, 0.25) is 0 Å². The lowest BCUT2D eigenvalue weighted by Gasteiger charge is -2.36. The van der Waals surface area contributed by atoms with Gasteiger partial charge in [-0.3, -0.25) is 19.8 Å². The molecule has 4 unspecified atom stereocenters. The van der Waals surface area contributed by atoms with Gasteiger partial charge in [-0.1, -0.05) is 116 Å². The van der Waals surface area contributed by atoms with Crippen molar-refractivity contribution < 1.29 is 57.7 Å². The van der Waals surface area contributed by atoms with Gasteiger partial charge in [0.1, 0.15) is 30.0 Å². The van der Waals surface area contributed by atoms with E-state index in [1.54, 1.807) is 54.6 Å². The molecule has 1 aliphatic heterocycles. The molecule has 8 atom stereocenters. The molecule has 1 fully saturated rings. The SMILES string of the molecule is CC(C)C[C@H]1C(=O)OC(Cc2ccccc2)C(=O)N(C)[C@@H](CC(C)C)C(=O)OC(C)C(=O)N(C)[C@@H](CC(C)C)C(=O)OC(Cc2ccccc2)C(=O)N(C)[C@@H](CC(C)C)C(=O)OC(C)C(=N)N1C.NO. The first kappa shape index (κ1) is 60.2. The number of ether oxygens (including phenoxy) is 4. The Morgan fingerprint density at radius 1 is 0.457 bits per heavy atom. The standard InChI is InChI=1S/C52H77N5O11.H3NO/c1-31(2)25-39-51(63)67-43(29-37-21-17-15-18-22-37)47(59)57(14)41(27-33(5)6)50(62)66-36(10)46(58)55(12)42(28-34(7)8)52(64)68-44(30-38-23-19-16-20-24-38)48(60)56(13)40(26-32(3)4)49(61)65-35(9)45(53)54(39)11;1-2/h15-24,31-36,39-44,53H,25-30H2,1-14H3;2H,1H2/t35?,36?,39-,40-,41-,42-,43?,44?;/m0./s1. The summed E-state index contributed by atoms with van der Waals surface area (Å²) in [5, 5.41) is 15.7. The largest absolute Gasteiger partial charge is 0.453 e. The molecule has 0 bridgehead atoms. The number of hydrogen-bond donors (Lipinski definition) is 3. The van der Waals surface area contributed by atoms with E-state index in [9.17, 15) is 39.0 Å². The average Bonchev–Trinajstić information content (AvgIpc) is 3.31. The summed E-state index contributed by atoms with van der Waals surface area (Å²) in [6, 6.07) is 13.1. The Morgan fingerprint density at radius 2 is 0.729 bits per heavy atom. The highest BCUT2D eigenvalue weighted by atomic mass is 16.6. The van der Waals surface area contributed by atoms with Crippen molar-refractivity contribution in [2.45, 2.75) is 156 Å². The molecule has 3 amide bonds. The van der Waals surface area contributed by atoms with Crippen LogP contribution in [0.15, 0.2) is 60.7 Å². The fourth-order valence-electron chi connectivity index (χ4n) is 8.16. The molecular weight excluding hydrogens is 901 g/mol. The highest BCUT2D eigenvalue weighted by Gasteiger charge is 2.42. The lowest BCUT2D eigenvalue weighted by atomic mass is 10.00. The number of cyclic esters (lactones) is 4. The second-order valence-corrected chi connectivity index (χ2v) is 19.8. The molecule has 18 nitrogen and oxygen atoms in total. The lowest BCUT2D eigenvalue weighted by molar-refractivity contribution is -0.174. The molecule has 0 aliphatic carbocycles. The van der Waals surface area contributed by atoms with Crippen molar-refractivity contribution in [2.75, 3.05) is 28.2 Å². The monoisotopic (exact) mass is 981 g/mol. The van der Waals surface area contributed by atoms with E-state index < -0.39 is 90.2 Å². The number of likely N-dealkylation sites (N-methyl/N-ethyl adjacent to an activating group) is 4. The van der Waals surface area contributed by atoms with Crippen LogP contribution in [0.4, 0.5) is 0 Å². The Kier molecular flexibility index (Phi) is 24.7. The summed E-state index contributed by atoms with van der Waals surface area (Å²) in [6.07, 6.45) is -5.06. The van der Waals surface area contributed by atoms with Crippen LogP contribution < -0.4 is 5.90 Å². The van der Waals surface area contributed by atoms with Gasteiger partial charge in [0.2, 0.25) is 0 Å². The Labute approximate surface area is 414 Å². The van der Waals surface area contributed by atoms with Gasteiger partial charge >= 0.3 is 23.9 Å². The molecule has 1 heterocycles. The van der Waals surface area contributed by atoms with E-state index in [-0.39, 0.29) is 68.0 Å². The summed E-state index contributed by atoms with van der Waals surface area (Å²) in [6.45, 7) is 17.8. The van der Waals surface area contributed by atoms with E-state index in [1.165, 1.54) is 56.7 Å². The van der Waals surface area contributed by atoms with Crippen LogP contribution in [-0.4, -0.2) is 149 Å². The number of benzene rings is 2. The summed E-state index contributed by atoms with van der Waals surface area (Å²) in [5.74, 6) is -2.75. The molecule has 2 aromatic carbocycles. The topological polar surface area (TPSA) is 239 Å². The summed E-state index contributed by atoms with van der Waals surface area (Å²) in [4.78, 5) is 106. The Balaban J connectivity index is 0.00000829. The second kappa shape index (κ2) is 28.7. The van der Waals surface area contributed by atoms with Crippen molar-refractivity contribution in [2.24, 2.45) is 29.6 Å². The van der Waals surface area contributed by atoms with Crippen LogP contribution in [0.5, 0.6) is 0 Å². The van der Waals surface area contributed by atoms with Crippen molar-refractivity contribution in [1.82, 2.24) is 19.6 Å². The summed E-state index contributed by atoms with van der Waals surface area (Å²) in [7, 11) is 5.75. The van der Waals surface area contributed by atoms with Gasteiger partial charge in [-0.2, -0.15) is 0 Å². The van der Waals surface area contributed by atoms with Crippen LogP contribution in [-0.2, 0) is 65.4 Å². The zero-order valence-electron chi connectivity index (χ0n) is 43.7. The summed E-state index contributed by atoms with van der Waals surface area (Å²) in [5.41, 5.74) is 1.34. The smallest absolute Gasteiger partial charge is 0.329 e. The summed E-state index contributed by atoms with van der Waals surface area (Å²) >= 11 is 0. The van der Waals surface area contributed by atoms with Gasteiger partial charge in [-0.05, 0) is 74.3 Å². The average molecular weight is 981 g/mol. The molecule has 1 saturated heterocycles. The second-order valence-electron chi connectivity index (χ2n) is 19.8.